The predicted octanol–water partition coefficient (Wildman–Crippen LogP) is 1.66. The molecule has 6 heteroatoms. The molecule has 0 radical (unpaired) electrons. The van der Waals surface area contributed by atoms with Crippen LogP contribution in [0.3, 0.4) is 0 Å². The van der Waals surface area contributed by atoms with Gasteiger partial charge in [0.15, 0.2) is 5.96 Å². The van der Waals surface area contributed by atoms with E-state index < -0.39 is 0 Å². The summed E-state index contributed by atoms with van der Waals surface area (Å²) in [6.45, 7) is 8.75. The summed E-state index contributed by atoms with van der Waals surface area (Å²) < 4.78 is 1.91. The minimum absolute atomic E-state index is 0.578. The summed E-state index contributed by atoms with van der Waals surface area (Å²) in [5.74, 6) is 2.43. The first-order valence-electron chi connectivity index (χ1n) is 9.98. The minimum atomic E-state index is 0.578. The van der Waals surface area contributed by atoms with Crippen LogP contribution in [0.25, 0.3) is 0 Å². The number of likely N-dealkylation sites (tertiary alicyclic amines) is 2. The molecule has 0 amide bonds. The van der Waals surface area contributed by atoms with E-state index in [0.29, 0.717) is 5.92 Å². The van der Waals surface area contributed by atoms with Gasteiger partial charge in [0, 0.05) is 57.9 Å². The summed E-state index contributed by atoms with van der Waals surface area (Å²) in [4.78, 5) is 10.1. The van der Waals surface area contributed by atoms with E-state index in [1.54, 1.807) is 0 Å². The van der Waals surface area contributed by atoms with E-state index in [2.05, 4.69) is 33.3 Å². The molecule has 1 saturated carbocycles. The summed E-state index contributed by atoms with van der Waals surface area (Å²) >= 11 is 0. The molecule has 1 aromatic heterocycles. The standard InChI is InChI=1S/C19H32N6/c1-3-20-19(21-10-15-6-8-24(12-15)18-4-5-18)25-9-7-16(14-25)17-11-22-23(2)13-17/h11,13,15-16,18H,3-10,12,14H2,1-2H3,(H,20,21). The highest BCUT2D eigenvalue weighted by Gasteiger charge is 2.34. The Bertz CT molecular complexity index is 605. The summed E-state index contributed by atoms with van der Waals surface area (Å²) in [6.07, 6.45) is 9.52. The quantitative estimate of drug-likeness (QED) is 0.652. The van der Waals surface area contributed by atoms with Gasteiger partial charge in [-0.05, 0) is 50.6 Å². The molecule has 0 spiro atoms. The first kappa shape index (κ1) is 16.9. The van der Waals surface area contributed by atoms with Gasteiger partial charge < -0.3 is 15.1 Å². The highest BCUT2D eigenvalue weighted by atomic mass is 15.3. The number of nitrogens with zero attached hydrogens (tertiary/aromatic N) is 5. The van der Waals surface area contributed by atoms with Crippen LogP contribution >= 0.6 is 0 Å². The van der Waals surface area contributed by atoms with Crippen LogP contribution in [0, 0.1) is 5.92 Å². The van der Waals surface area contributed by atoms with Gasteiger partial charge in [-0.15, -0.1) is 0 Å². The average molecular weight is 345 g/mol. The third-order valence-corrected chi connectivity index (χ3v) is 5.90. The molecule has 3 fully saturated rings. The smallest absolute Gasteiger partial charge is 0.193 e. The van der Waals surface area contributed by atoms with Crippen molar-refractivity contribution in [2.24, 2.45) is 18.0 Å². The van der Waals surface area contributed by atoms with Crippen LogP contribution in [0.4, 0.5) is 0 Å². The number of nitrogens with one attached hydrogen (secondary N) is 1. The summed E-state index contributed by atoms with van der Waals surface area (Å²) in [6, 6.07) is 0.904. The van der Waals surface area contributed by atoms with Gasteiger partial charge in [0.1, 0.15) is 0 Å². The normalized spacial score (nSPS) is 28.1. The third kappa shape index (κ3) is 4.00. The van der Waals surface area contributed by atoms with E-state index in [1.807, 2.05) is 17.9 Å². The van der Waals surface area contributed by atoms with Crippen molar-refractivity contribution in [3.8, 4) is 0 Å². The van der Waals surface area contributed by atoms with Gasteiger partial charge in [-0.2, -0.15) is 5.10 Å². The molecular weight excluding hydrogens is 312 g/mol. The highest BCUT2D eigenvalue weighted by Crippen LogP contribution is 2.32. The molecule has 6 nitrogen and oxygen atoms in total. The fourth-order valence-corrected chi connectivity index (χ4v) is 4.30. The molecular formula is C19H32N6. The Morgan fingerprint density at radius 2 is 2.12 bits per heavy atom. The molecule has 2 atom stereocenters. The van der Waals surface area contributed by atoms with Crippen molar-refractivity contribution < 1.29 is 0 Å². The van der Waals surface area contributed by atoms with Crippen molar-refractivity contribution >= 4 is 5.96 Å². The molecule has 0 aromatic carbocycles. The van der Waals surface area contributed by atoms with E-state index >= 15 is 0 Å². The number of aliphatic imine (C=N–C) groups is 1. The highest BCUT2D eigenvalue weighted by molar-refractivity contribution is 5.80. The second-order valence-electron chi connectivity index (χ2n) is 7.95. The number of aromatic nitrogens is 2. The monoisotopic (exact) mass is 344 g/mol. The molecule has 138 valence electrons. The third-order valence-electron chi connectivity index (χ3n) is 5.90. The van der Waals surface area contributed by atoms with Crippen molar-refractivity contribution in [1.82, 2.24) is 24.9 Å². The van der Waals surface area contributed by atoms with Crippen molar-refractivity contribution in [1.29, 1.82) is 0 Å². The van der Waals surface area contributed by atoms with Crippen LogP contribution in [0.15, 0.2) is 17.4 Å². The maximum atomic E-state index is 5.01. The molecule has 3 heterocycles. The number of guanidine groups is 1. The first-order chi connectivity index (χ1) is 12.2. The molecule has 4 rings (SSSR count). The summed E-state index contributed by atoms with van der Waals surface area (Å²) in [5.41, 5.74) is 1.36. The minimum Gasteiger partial charge on any atom is -0.357 e. The van der Waals surface area contributed by atoms with E-state index in [0.717, 1.165) is 44.1 Å². The average Bonchev–Trinajstić information content (AvgIpc) is 3.03. The zero-order valence-corrected chi connectivity index (χ0v) is 15.7. The van der Waals surface area contributed by atoms with E-state index in [4.69, 9.17) is 4.99 Å². The van der Waals surface area contributed by atoms with Crippen molar-refractivity contribution in [2.45, 2.75) is 44.6 Å². The lowest BCUT2D eigenvalue weighted by molar-refractivity contribution is 0.315. The summed E-state index contributed by atoms with van der Waals surface area (Å²) in [5, 5.41) is 7.84. The largest absolute Gasteiger partial charge is 0.357 e. The van der Waals surface area contributed by atoms with Gasteiger partial charge in [-0.25, -0.2) is 0 Å². The van der Waals surface area contributed by atoms with Crippen LogP contribution < -0.4 is 5.32 Å². The molecule has 25 heavy (non-hydrogen) atoms. The predicted molar refractivity (Wildman–Crippen MR) is 101 cm³/mol. The van der Waals surface area contributed by atoms with Crippen LogP contribution in [0.1, 0.15) is 44.1 Å². The molecule has 0 bridgehead atoms. The maximum absolute atomic E-state index is 5.01. The first-order valence-corrected chi connectivity index (χ1v) is 9.98. The van der Waals surface area contributed by atoms with Crippen molar-refractivity contribution in [2.75, 3.05) is 39.3 Å². The van der Waals surface area contributed by atoms with Gasteiger partial charge in [0.2, 0.25) is 0 Å². The van der Waals surface area contributed by atoms with E-state index in [1.165, 1.54) is 44.3 Å². The van der Waals surface area contributed by atoms with Gasteiger partial charge >= 0.3 is 0 Å². The molecule has 1 aromatic rings. The Balaban J connectivity index is 1.34. The Hall–Kier alpha value is -1.56. The number of aryl methyl sites for hydroxylation is 1. The SMILES string of the molecule is CCNC(=NCC1CCN(C2CC2)C1)N1CCC(c2cnn(C)c2)C1. The fraction of sp³-hybridized carbons (Fsp3) is 0.789. The Labute approximate surface area is 151 Å². The number of hydrogen-bond acceptors (Lipinski definition) is 3. The lowest BCUT2D eigenvalue weighted by atomic mass is 10.0. The lowest BCUT2D eigenvalue weighted by Crippen LogP contribution is -2.40. The number of hydrogen-bond donors (Lipinski definition) is 1. The molecule has 1 N–H and O–H groups in total. The van der Waals surface area contributed by atoms with Crippen LogP contribution in [-0.2, 0) is 7.05 Å². The Morgan fingerprint density at radius 3 is 2.84 bits per heavy atom. The van der Waals surface area contributed by atoms with Crippen LogP contribution in [0.2, 0.25) is 0 Å². The van der Waals surface area contributed by atoms with Gasteiger partial charge in [0.25, 0.3) is 0 Å². The molecule has 1 aliphatic carbocycles. The second kappa shape index (κ2) is 7.36. The van der Waals surface area contributed by atoms with Crippen molar-refractivity contribution in [3.63, 3.8) is 0 Å². The number of rotatable bonds is 5. The van der Waals surface area contributed by atoms with Crippen molar-refractivity contribution in [3.05, 3.63) is 18.0 Å². The molecule has 3 aliphatic rings. The molecule has 2 aliphatic heterocycles. The second-order valence-corrected chi connectivity index (χ2v) is 7.95. The van der Waals surface area contributed by atoms with Gasteiger partial charge in [-0.1, -0.05) is 0 Å². The lowest BCUT2D eigenvalue weighted by Gasteiger charge is -2.22. The Morgan fingerprint density at radius 1 is 1.24 bits per heavy atom. The van der Waals surface area contributed by atoms with Gasteiger partial charge in [-0.3, -0.25) is 9.67 Å². The van der Waals surface area contributed by atoms with Crippen LogP contribution in [-0.4, -0.2) is 70.9 Å². The topological polar surface area (TPSA) is 48.7 Å². The van der Waals surface area contributed by atoms with E-state index in [9.17, 15) is 0 Å². The Kier molecular flexibility index (Phi) is 4.97. The van der Waals surface area contributed by atoms with Gasteiger partial charge in [0.05, 0.1) is 6.20 Å². The fourth-order valence-electron chi connectivity index (χ4n) is 4.30. The van der Waals surface area contributed by atoms with Crippen LogP contribution in [0.5, 0.6) is 0 Å². The molecule has 2 saturated heterocycles. The summed E-state index contributed by atoms with van der Waals surface area (Å²) in [7, 11) is 1.99. The zero-order chi connectivity index (χ0) is 17.2. The molecule has 2 unspecified atom stereocenters. The zero-order valence-electron chi connectivity index (χ0n) is 15.7. The maximum Gasteiger partial charge on any atom is 0.193 e. The van der Waals surface area contributed by atoms with E-state index in [-0.39, 0.29) is 0 Å².